The molecule has 0 aliphatic carbocycles. The Kier molecular flexibility index (Phi) is 2.01. The lowest BCUT2D eigenvalue weighted by molar-refractivity contribution is 0.298. The van der Waals surface area contributed by atoms with Crippen LogP contribution in [0.15, 0.2) is 23.0 Å². The largest absolute Gasteiger partial charge is 0.376 e. The predicted molar refractivity (Wildman–Crippen MR) is 54.4 cm³/mol. The maximum atomic E-state index is 11.0. The third-order valence-electron chi connectivity index (χ3n) is 2.15. The van der Waals surface area contributed by atoms with Crippen LogP contribution in [0.4, 0.5) is 5.69 Å². The first-order valence-electron chi connectivity index (χ1n) is 4.25. The Bertz CT molecular complexity index is 500. The number of benzene rings is 1. The quantitative estimate of drug-likeness (QED) is 0.598. The van der Waals surface area contributed by atoms with E-state index in [9.17, 15) is 4.79 Å². The maximum absolute atomic E-state index is 11.0. The fourth-order valence-electron chi connectivity index (χ4n) is 1.34. The van der Waals surface area contributed by atoms with Gasteiger partial charge in [-0.15, -0.1) is 0 Å². The smallest absolute Gasteiger partial charge is 0.323 e. The maximum Gasteiger partial charge on any atom is 0.323 e. The highest BCUT2D eigenvalue weighted by molar-refractivity contribution is 5.78. The Balaban J connectivity index is 2.55. The summed E-state index contributed by atoms with van der Waals surface area (Å²) in [4.78, 5) is 17.9. The number of hydrogen-bond acceptors (Lipinski definition) is 3. The summed E-state index contributed by atoms with van der Waals surface area (Å²) in [6.45, 7) is -0.0554. The Labute approximate surface area is 80.0 Å². The SMILES string of the molecule is CN(CO)c1ccc2[nH]c(=O)[nH]c2c1. The third kappa shape index (κ3) is 1.38. The lowest BCUT2D eigenvalue weighted by Gasteiger charge is -2.15. The van der Waals surface area contributed by atoms with Gasteiger partial charge >= 0.3 is 5.69 Å². The van der Waals surface area contributed by atoms with Crippen LogP contribution in [0, 0.1) is 0 Å². The minimum Gasteiger partial charge on any atom is -0.376 e. The Morgan fingerprint density at radius 3 is 2.79 bits per heavy atom. The minimum atomic E-state index is -0.219. The molecule has 0 saturated carbocycles. The zero-order valence-electron chi connectivity index (χ0n) is 7.74. The van der Waals surface area contributed by atoms with Crippen molar-refractivity contribution in [1.29, 1.82) is 0 Å². The van der Waals surface area contributed by atoms with Crippen molar-refractivity contribution in [2.75, 3.05) is 18.7 Å². The molecule has 0 amide bonds. The fourth-order valence-corrected chi connectivity index (χ4v) is 1.34. The van der Waals surface area contributed by atoms with Crippen molar-refractivity contribution in [2.45, 2.75) is 0 Å². The number of aromatic nitrogens is 2. The van der Waals surface area contributed by atoms with E-state index in [1.807, 2.05) is 12.1 Å². The van der Waals surface area contributed by atoms with Gasteiger partial charge in [0.1, 0.15) is 6.73 Å². The number of hydrogen-bond donors (Lipinski definition) is 3. The molecule has 0 atom stereocenters. The van der Waals surface area contributed by atoms with Crippen molar-refractivity contribution < 1.29 is 5.11 Å². The van der Waals surface area contributed by atoms with Crippen molar-refractivity contribution >= 4 is 16.7 Å². The van der Waals surface area contributed by atoms with Crippen LogP contribution in [0.25, 0.3) is 11.0 Å². The first kappa shape index (κ1) is 8.83. The number of rotatable bonds is 2. The van der Waals surface area contributed by atoms with Crippen molar-refractivity contribution in [3.8, 4) is 0 Å². The van der Waals surface area contributed by atoms with Crippen LogP contribution in [-0.4, -0.2) is 28.9 Å². The molecule has 0 fully saturated rings. The molecule has 1 heterocycles. The standard InChI is InChI=1S/C9H11N3O2/c1-12(5-13)6-2-3-7-8(4-6)11-9(14)10-7/h2-4,13H,5H2,1H3,(H2,10,11,14). The second kappa shape index (κ2) is 3.19. The topological polar surface area (TPSA) is 72.1 Å². The van der Waals surface area contributed by atoms with Crippen LogP contribution in [0.5, 0.6) is 0 Å². The molecule has 0 aliphatic heterocycles. The average molecular weight is 193 g/mol. The summed E-state index contributed by atoms with van der Waals surface area (Å²) in [6.07, 6.45) is 0. The van der Waals surface area contributed by atoms with E-state index in [0.29, 0.717) is 0 Å². The average Bonchev–Trinajstić information content (AvgIpc) is 2.55. The second-order valence-corrected chi connectivity index (χ2v) is 3.15. The number of aromatic amines is 2. The van der Waals surface area contributed by atoms with Crippen molar-refractivity contribution in [3.63, 3.8) is 0 Å². The molecule has 0 radical (unpaired) electrons. The summed E-state index contributed by atoms with van der Waals surface area (Å²) in [5.74, 6) is 0. The summed E-state index contributed by atoms with van der Waals surface area (Å²) in [7, 11) is 1.77. The van der Waals surface area contributed by atoms with Gasteiger partial charge in [0, 0.05) is 12.7 Å². The number of nitrogens with zero attached hydrogens (tertiary/aromatic N) is 1. The molecule has 5 heteroatoms. The Morgan fingerprint density at radius 2 is 2.07 bits per heavy atom. The van der Waals surface area contributed by atoms with E-state index in [-0.39, 0.29) is 12.4 Å². The summed E-state index contributed by atoms with van der Waals surface area (Å²) in [6, 6.07) is 5.44. The van der Waals surface area contributed by atoms with E-state index < -0.39 is 0 Å². The molecular weight excluding hydrogens is 182 g/mol. The Morgan fingerprint density at radius 1 is 1.36 bits per heavy atom. The number of fused-ring (bicyclic) bond motifs is 1. The van der Waals surface area contributed by atoms with Crippen molar-refractivity contribution in [2.24, 2.45) is 0 Å². The van der Waals surface area contributed by atoms with Gasteiger partial charge in [0.05, 0.1) is 11.0 Å². The van der Waals surface area contributed by atoms with E-state index in [1.165, 1.54) is 0 Å². The zero-order valence-corrected chi connectivity index (χ0v) is 7.74. The van der Waals surface area contributed by atoms with Crippen LogP contribution >= 0.6 is 0 Å². The zero-order chi connectivity index (χ0) is 10.1. The van der Waals surface area contributed by atoms with Crippen molar-refractivity contribution in [3.05, 3.63) is 28.7 Å². The normalized spacial score (nSPS) is 10.7. The third-order valence-corrected chi connectivity index (χ3v) is 2.15. The number of H-pyrrole nitrogens is 2. The van der Waals surface area contributed by atoms with Gasteiger partial charge in [-0.3, -0.25) is 0 Å². The lowest BCUT2D eigenvalue weighted by atomic mass is 10.2. The molecule has 0 spiro atoms. The van der Waals surface area contributed by atoms with E-state index >= 15 is 0 Å². The molecule has 2 aromatic rings. The summed E-state index contributed by atoms with van der Waals surface area (Å²) >= 11 is 0. The summed E-state index contributed by atoms with van der Waals surface area (Å²) in [5.41, 5.74) is 2.15. The van der Waals surface area contributed by atoms with Crippen LogP contribution in [0.3, 0.4) is 0 Å². The number of imidazole rings is 1. The number of nitrogens with one attached hydrogen (secondary N) is 2. The summed E-state index contributed by atoms with van der Waals surface area (Å²) in [5, 5.41) is 8.91. The molecule has 2 rings (SSSR count). The summed E-state index contributed by atoms with van der Waals surface area (Å²) < 4.78 is 0. The molecule has 74 valence electrons. The number of aliphatic hydroxyl groups excluding tert-OH is 1. The monoisotopic (exact) mass is 193 g/mol. The highest BCUT2D eigenvalue weighted by Crippen LogP contribution is 2.16. The van der Waals surface area contributed by atoms with Crippen LogP contribution in [-0.2, 0) is 0 Å². The molecular formula is C9H11N3O2. The number of aliphatic hydroxyl groups is 1. The van der Waals surface area contributed by atoms with E-state index in [0.717, 1.165) is 16.7 Å². The van der Waals surface area contributed by atoms with Gasteiger partial charge in [0.25, 0.3) is 0 Å². The highest BCUT2D eigenvalue weighted by Gasteiger charge is 2.02. The fraction of sp³-hybridized carbons (Fsp3) is 0.222. The molecule has 5 nitrogen and oxygen atoms in total. The molecule has 0 bridgehead atoms. The van der Waals surface area contributed by atoms with Gasteiger partial charge in [-0.2, -0.15) is 0 Å². The van der Waals surface area contributed by atoms with Gasteiger partial charge in [0.2, 0.25) is 0 Å². The molecule has 0 unspecified atom stereocenters. The van der Waals surface area contributed by atoms with Gasteiger partial charge in [0.15, 0.2) is 0 Å². The second-order valence-electron chi connectivity index (χ2n) is 3.15. The molecule has 0 saturated heterocycles. The van der Waals surface area contributed by atoms with E-state index in [4.69, 9.17) is 5.11 Å². The van der Waals surface area contributed by atoms with E-state index in [2.05, 4.69) is 9.97 Å². The predicted octanol–water partition coefficient (Wildman–Crippen LogP) is 0.242. The molecule has 0 aliphatic rings. The van der Waals surface area contributed by atoms with E-state index in [1.54, 1.807) is 18.0 Å². The van der Waals surface area contributed by atoms with Gasteiger partial charge in [-0.25, -0.2) is 4.79 Å². The molecule has 1 aromatic carbocycles. The first-order chi connectivity index (χ1) is 6.70. The first-order valence-corrected chi connectivity index (χ1v) is 4.25. The molecule has 3 N–H and O–H groups in total. The van der Waals surface area contributed by atoms with Crippen LogP contribution in [0.2, 0.25) is 0 Å². The highest BCUT2D eigenvalue weighted by atomic mass is 16.3. The number of anilines is 1. The lowest BCUT2D eigenvalue weighted by Crippen LogP contribution is -2.17. The van der Waals surface area contributed by atoms with Crippen LogP contribution in [0.1, 0.15) is 0 Å². The van der Waals surface area contributed by atoms with Gasteiger partial charge < -0.3 is 20.0 Å². The Hall–Kier alpha value is -1.75. The van der Waals surface area contributed by atoms with Gasteiger partial charge in [-0.05, 0) is 18.2 Å². The minimum absolute atomic E-state index is 0.0554. The van der Waals surface area contributed by atoms with Crippen LogP contribution < -0.4 is 10.6 Å². The molecule has 14 heavy (non-hydrogen) atoms. The van der Waals surface area contributed by atoms with Crippen molar-refractivity contribution in [1.82, 2.24) is 9.97 Å². The van der Waals surface area contributed by atoms with Gasteiger partial charge in [-0.1, -0.05) is 0 Å². The molecule has 1 aromatic heterocycles.